The number of carbonyl (C=O) groups is 1. The molecule has 1 fully saturated rings. The van der Waals surface area contributed by atoms with Crippen molar-refractivity contribution in [3.8, 4) is 5.75 Å². The minimum atomic E-state index is -0.457. The SMILES string of the molecule is COc1cc(Br)cc(C)c1NC(=O)C1CNCCO1. The van der Waals surface area contributed by atoms with Crippen molar-refractivity contribution in [2.45, 2.75) is 13.0 Å². The molecule has 0 aromatic heterocycles. The van der Waals surface area contributed by atoms with E-state index in [0.717, 1.165) is 16.6 Å². The van der Waals surface area contributed by atoms with Gasteiger partial charge in [0.1, 0.15) is 11.9 Å². The Morgan fingerprint density at radius 3 is 3.00 bits per heavy atom. The predicted octanol–water partition coefficient (Wildman–Crippen LogP) is 1.69. The zero-order valence-corrected chi connectivity index (χ0v) is 12.5. The fourth-order valence-corrected chi connectivity index (χ4v) is 2.52. The van der Waals surface area contributed by atoms with Crippen LogP contribution in [-0.2, 0) is 9.53 Å². The number of benzene rings is 1. The first kappa shape index (κ1) is 14.3. The van der Waals surface area contributed by atoms with E-state index < -0.39 is 6.10 Å². The minimum absolute atomic E-state index is 0.157. The number of carbonyl (C=O) groups excluding carboxylic acids is 1. The molecule has 1 saturated heterocycles. The Kier molecular flexibility index (Phi) is 4.79. The van der Waals surface area contributed by atoms with Gasteiger partial charge in [0, 0.05) is 17.6 Å². The highest BCUT2D eigenvalue weighted by atomic mass is 79.9. The predicted molar refractivity (Wildman–Crippen MR) is 76.7 cm³/mol. The molecule has 2 rings (SSSR count). The van der Waals surface area contributed by atoms with Gasteiger partial charge in [-0.25, -0.2) is 0 Å². The number of anilines is 1. The molecule has 6 heteroatoms. The summed E-state index contributed by atoms with van der Waals surface area (Å²) in [5.41, 5.74) is 1.62. The summed E-state index contributed by atoms with van der Waals surface area (Å²) >= 11 is 3.40. The molecule has 0 saturated carbocycles. The number of rotatable bonds is 3. The van der Waals surface area contributed by atoms with Crippen LogP contribution >= 0.6 is 15.9 Å². The van der Waals surface area contributed by atoms with Crippen molar-refractivity contribution < 1.29 is 14.3 Å². The molecular weight excluding hydrogens is 312 g/mol. The largest absolute Gasteiger partial charge is 0.495 e. The molecule has 1 atom stereocenters. The first-order chi connectivity index (χ1) is 9.11. The summed E-state index contributed by atoms with van der Waals surface area (Å²) in [5.74, 6) is 0.472. The van der Waals surface area contributed by atoms with Crippen molar-refractivity contribution in [1.29, 1.82) is 0 Å². The number of ether oxygens (including phenoxy) is 2. The fourth-order valence-electron chi connectivity index (χ4n) is 1.97. The summed E-state index contributed by atoms with van der Waals surface area (Å²) in [5, 5.41) is 6.01. The maximum atomic E-state index is 12.1. The molecule has 1 unspecified atom stereocenters. The Morgan fingerprint density at radius 2 is 2.37 bits per heavy atom. The highest BCUT2D eigenvalue weighted by molar-refractivity contribution is 9.10. The third-order valence-corrected chi connectivity index (χ3v) is 3.41. The lowest BCUT2D eigenvalue weighted by Gasteiger charge is -2.23. The van der Waals surface area contributed by atoms with E-state index in [2.05, 4.69) is 26.6 Å². The van der Waals surface area contributed by atoms with Crippen LogP contribution < -0.4 is 15.4 Å². The van der Waals surface area contributed by atoms with Crippen LogP contribution in [0.1, 0.15) is 5.56 Å². The molecule has 1 amide bonds. The third-order valence-electron chi connectivity index (χ3n) is 2.95. The van der Waals surface area contributed by atoms with Gasteiger partial charge in [-0.2, -0.15) is 0 Å². The number of nitrogens with one attached hydrogen (secondary N) is 2. The van der Waals surface area contributed by atoms with Gasteiger partial charge in [-0.05, 0) is 24.6 Å². The second-order valence-corrected chi connectivity index (χ2v) is 5.27. The standard InChI is InChI=1S/C13H17BrN2O3/c1-8-5-9(14)6-10(18-2)12(8)16-13(17)11-7-15-3-4-19-11/h5-6,11,15H,3-4,7H2,1-2H3,(H,16,17). The summed E-state index contributed by atoms with van der Waals surface area (Å²) in [7, 11) is 1.58. The number of halogens is 1. The summed E-state index contributed by atoms with van der Waals surface area (Å²) in [6.07, 6.45) is -0.457. The van der Waals surface area contributed by atoms with Crippen molar-refractivity contribution in [3.63, 3.8) is 0 Å². The van der Waals surface area contributed by atoms with E-state index in [9.17, 15) is 4.79 Å². The Morgan fingerprint density at radius 1 is 1.58 bits per heavy atom. The van der Waals surface area contributed by atoms with Crippen LogP contribution in [0.25, 0.3) is 0 Å². The van der Waals surface area contributed by atoms with Gasteiger partial charge >= 0.3 is 0 Å². The van der Waals surface area contributed by atoms with E-state index in [1.165, 1.54) is 0 Å². The van der Waals surface area contributed by atoms with Gasteiger partial charge in [0.05, 0.1) is 19.4 Å². The molecule has 0 radical (unpaired) electrons. The summed E-state index contributed by atoms with van der Waals surface area (Å²) in [6, 6.07) is 3.75. The molecule has 0 aliphatic carbocycles. The van der Waals surface area contributed by atoms with E-state index in [0.29, 0.717) is 24.6 Å². The van der Waals surface area contributed by atoms with E-state index in [-0.39, 0.29) is 5.91 Å². The third kappa shape index (κ3) is 3.46. The van der Waals surface area contributed by atoms with Crippen molar-refractivity contribution in [1.82, 2.24) is 5.32 Å². The Balaban J connectivity index is 2.15. The van der Waals surface area contributed by atoms with Crippen molar-refractivity contribution >= 4 is 27.5 Å². The maximum absolute atomic E-state index is 12.1. The molecule has 5 nitrogen and oxygen atoms in total. The zero-order chi connectivity index (χ0) is 13.8. The van der Waals surface area contributed by atoms with Gasteiger partial charge in [0.25, 0.3) is 5.91 Å². The van der Waals surface area contributed by atoms with Crippen LogP contribution in [-0.4, -0.2) is 38.8 Å². The van der Waals surface area contributed by atoms with Gasteiger partial charge in [0.2, 0.25) is 0 Å². The normalized spacial score (nSPS) is 19.0. The van der Waals surface area contributed by atoms with Gasteiger partial charge in [-0.1, -0.05) is 15.9 Å². The summed E-state index contributed by atoms with van der Waals surface area (Å²) in [4.78, 5) is 12.1. The smallest absolute Gasteiger partial charge is 0.254 e. The molecule has 1 aliphatic heterocycles. The fraction of sp³-hybridized carbons (Fsp3) is 0.462. The summed E-state index contributed by atoms with van der Waals surface area (Å²) < 4.78 is 11.6. The number of amides is 1. The number of hydrogen-bond donors (Lipinski definition) is 2. The van der Waals surface area contributed by atoms with Crippen molar-refractivity contribution in [2.24, 2.45) is 0 Å². The summed E-state index contributed by atoms with van der Waals surface area (Å²) in [6.45, 7) is 3.78. The van der Waals surface area contributed by atoms with Crippen LogP contribution in [0.3, 0.4) is 0 Å². The lowest BCUT2D eigenvalue weighted by atomic mass is 10.1. The molecule has 0 spiro atoms. The van der Waals surface area contributed by atoms with E-state index >= 15 is 0 Å². The molecular formula is C13H17BrN2O3. The van der Waals surface area contributed by atoms with Crippen molar-refractivity contribution in [3.05, 3.63) is 22.2 Å². The van der Waals surface area contributed by atoms with Crippen LogP contribution in [0.4, 0.5) is 5.69 Å². The van der Waals surface area contributed by atoms with Crippen LogP contribution in [0.15, 0.2) is 16.6 Å². The van der Waals surface area contributed by atoms with Crippen LogP contribution in [0, 0.1) is 6.92 Å². The van der Waals surface area contributed by atoms with E-state index in [4.69, 9.17) is 9.47 Å². The molecule has 19 heavy (non-hydrogen) atoms. The first-order valence-corrected chi connectivity index (χ1v) is 6.88. The van der Waals surface area contributed by atoms with E-state index in [1.54, 1.807) is 7.11 Å². The highest BCUT2D eigenvalue weighted by Gasteiger charge is 2.23. The molecule has 1 aliphatic rings. The highest BCUT2D eigenvalue weighted by Crippen LogP contribution is 2.32. The second-order valence-electron chi connectivity index (χ2n) is 4.35. The number of methoxy groups -OCH3 is 1. The molecule has 2 N–H and O–H groups in total. The Bertz CT molecular complexity index is 473. The second kappa shape index (κ2) is 6.36. The van der Waals surface area contributed by atoms with Gasteiger partial charge in [0.15, 0.2) is 0 Å². The Labute approximate surface area is 120 Å². The average molecular weight is 329 g/mol. The van der Waals surface area contributed by atoms with Crippen LogP contribution in [0.2, 0.25) is 0 Å². The lowest BCUT2D eigenvalue weighted by molar-refractivity contribution is -0.128. The molecule has 1 aromatic carbocycles. The number of hydrogen-bond acceptors (Lipinski definition) is 4. The molecule has 0 bridgehead atoms. The van der Waals surface area contributed by atoms with Gasteiger partial charge in [-0.15, -0.1) is 0 Å². The maximum Gasteiger partial charge on any atom is 0.254 e. The quantitative estimate of drug-likeness (QED) is 0.886. The van der Waals surface area contributed by atoms with E-state index in [1.807, 2.05) is 19.1 Å². The number of aryl methyl sites for hydroxylation is 1. The molecule has 1 aromatic rings. The molecule has 1 heterocycles. The first-order valence-electron chi connectivity index (χ1n) is 6.09. The van der Waals surface area contributed by atoms with Crippen molar-refractivity contribution in [2.75, 3.05) is 32.1 Å². The van der Waals surface area contributed by atoms with Crippen LogP contribution in [0.5, 0.6) is 5.75 Å². The lowest BCUT2D eigenvalue weighted by Crippen LogP contribution is -2.45. The van der Waals surface area contributed by atoms with Gasteiger partial charge in [-0.3, -0.25) is 4.79 Å². The monoisotopic (exact) mass is 328 g/mol. The van der Waals surface area contributed by atoms with Gasteiger partial charge < -0.3 is 20.1 Å². The Hall–Kier alpha value is -1.11. The topological polar surface area (TPSA) is 59.6 Å². The number of morpholine rings is 1. The minimum Gasteiger partial charge on any atom is -0.495 e. The zero-order valence-electron chi connectivity index (χ0n) is 11.0. The average Bonchev–Trinajstić information content (AvgIpc) is 2.42. The molecule has 104 valence electrons.